The Morgan fingerprint density at radius 1 is 1.25 bits per heavy atom. The van der Waals surface area contributed by atoms with Crippen molar-refractivity contribution in [2.75, 3.05) is 44.1 Å². The van der Waals surface area contributed by atoms with Gasteiger partial charge in [-0.05, 0) is 5.56 Å². The summed E-state index contributed by atoms with van der Waals surface area (Å²) < 4.78 is 12.2. The minimum absolute atomic E-state index is 0.215. The molecule has 3 rings (SSSR count). The van der Waals surface area contributed by atoms with Crippen LogP contribution in [0.2, 0.25) is 0 Å². The average Bonchev–Trinajstić information content (AvgIpc) is 3.04. The van der Waals surface area contributed by atoms with E-state index in [1.54, 1.807) is 0 Å². The first-order valence-corrected chi connectivity index (χ1v) is 8.76. The first-order valence-electron chi connectivity index (χ1n) is 7.77. The molecule has 2 aromatic rings. The molecule has 0 unspecified atom stereocenters. The topological polar surface area (TPSA) is 69.5 Å². The smallest absolute Gasteiger partial charge is 0.316 e. The highest BCUT2D eigenvalue weighted by molar-refractivity contribution is 7.99. The van der Waals surface area contributed by atoms with E-state index in [-0.39, 0.29) is 11.7 Å². The van der Waals surface area contributed by atoms with E-state index in [9.17, 15) is 4.79 Å². The number of benzene rings is 1. The highest BCUT2D eigenvalue weighted by atomic mass is 32.2. The molecule has 1 saturated heterocycles. The lowest BCUT2D eigenvalue weighted by Crippen LogP contribution is -2.38. The molecule has 1 aromatic carbocycles. The molecule has 128 valence electrons. The Labute approximate surface area is 145 Å². The lowest BCUT2D eigenvalue weighted by atomic mass is 10.2. The van der Waals surface area contributed by atoms with Crippen molar-refractivity contribution in [3.05, 3.63) is 35.9 Å². The maximum absolute atomic E-state index is 11.4. The van der Waals surface area contributed by atoms with Gasteiger partial charge in [0, 0.05) is 13.1 Å². The van der Waals surface area contributed by atoms with Crippen molar-refractivity contribution in [3.63, 3.8) is 0 Å². The molecule has 0 radical (unpaired) electrons. The first-order chi connectivity index (χ1) is 11.8. The lowest BCUT2D eigenvalue weighted by Gasteiger charge is -2.28. The molecule has 1 aromatic heterocycles. The predicted octanol–water partition coefficient (Wildman–Crippen LogP) is 1.43. The molecule has 1 aliphatic rings. The number of morpholine rings is 1. The van der Waals surface area contributed by atoms with Crippen LogP contribution in [0, 0.1) is 0 Å². The molecule has 0 N–H and O–H groups in total. The van der Waals surface area contributed by atoms with Crippen LogP contribution in [0.4, 0.5) is 5.95 Å². The van der Waals surface area contributed by atoms with Gasteiger partial charge in [-0.25, -0.2) is 0 Å². The Balaban J connectivity index is 1.84. The molecule has 1 aliphatic heterocycles. The van der Waals surface area contributed by atoms with Gasteiger partial charge < -0.3 is 14.4 Å². The van der Waals surface area contributed by atoms with Crippen LogP contribution < -0.4 is 4.90 Å². The van der Waals surface area contributed by atoms with Crippen molar-refractivity contribution in [1.29, 1.82) is 0 Å². The zero-order chi connectivity index (χ0) is 16.8. The Kier molecular flexibility index (Phi) is 5.71. The molecule has 0 spiro atoms. The summed E-state index contributed by atoms with van der Waals surface area (Å²) in [5, 5.41) is 9.34. The van der Waals surface area contributed by atoms with Crippen molar-refractivity contribution in [2.24, 2.45) is 0 Å². The van der Waals surface area contributed by atoms with E-state index >= 15 is 0 Å². The van der Waals surface area contributed by atoms with E-state index in [0.717, 1.165) is 24.6 Å². The Morgan fingerprint density at radius 3 is 2.71 bits per heavy atom. The van der Waals surface area contributed by atoms with E-state index in [4.69, 9.17) is 9.47 Å². The summed E-state index contributed by atoms with van der Waals surface area (Å²) in [6.45, 7) is 3.60. The van der Waals surface area contributed by atoms with Crippen LogP contribution in [0.15, 0.2) is 35.5 Å². The number of anilines is 1. The second-order valence-corrected chi connectivity index (χ2v) is 6.26. The fraction of sp³-hybridized carbons (Fsp3) is 0.438. The molecule has 1 fully saturated rings. The van der Waals surface area contributed by atoms with E-state index in [2.05, 4.69) is 27.2 Å². The van der Waals surface area contributed by atoms with Gasteiger partial charge in [0.2, 0.25) is 5.95 Å². The van der Waals surface area contributed by atoms with Gasteiger partial charge in [0.1, 0.15) is 0 Å². The second kappa shape index (κ2) is 8.16. The lowest BCUT2D eigenvalue weighted by molar-refractivity contribution is -0.137. The largest absolute Gasteiger partial charge is 0.468 e. The number of hydrogen-bond acceptors (Lipinski definition) is 7. The van der Waals surface area contributed by atoms with Crippen molar-refractivity contribution in [2.45, 2.75) is 11.7 Å². The summed E-state index contributed by atoms with van der Waals surface area (Å²) >= 11 is 1.34. The minimum atomic E-state index is -0.276. The van der Waals surface area contributed by atoms with Crippen molar-refractivity contribution in [3.8, 4) is 0 Å². The Hall–Kier alpha value is -2.06. The number of hydrogen-bond donors (Lipinski definition) is 0. The number of carbonyl (C=O) groups excluding carboxylic acids is 1. The highest BCUT2D eigenvalue weighted by Gasteiger charge is 2.21. The fourth-order valence-corrected chi connectivity index (χ4v) is 3.24. The number of ether oxygens (including phenoxy) is 2. The molecular formula is C16H20N4O3S. The third-order valence-electron chi connectivity index (χ3n) is 3.72. The van der Waals surface area contributed by atoms with E-state index in [0.29, 0.717) is 24.9 Å². The summed E-state index contributed by atoms with van der Waals surface area (Å²) in [5.74, 6) is 0.753. The summed E-state index contributed by atoms with van der Waals surface area (Å²) in [4.78, 5) is 13.6. The number of rotatable bonds is 6. The number of nitrogens with zero attached hydrogens (tertiary/aromatic N) is 4. The van der Waals surface area contributed by atoms with Gasteiger partial charge in [-0.3, -0.25) is 9.36 Å². The second-order valence-electron chi connectivity index (χ2n) is 5.32. The van der Waals surface area contributed by atoms with Crippen molar-refractivity contribution >= 4 is 23.7 Å². The molecule has 0 atom stereocenters. The third-order valence-corrected chi connectivity index (χ3v) is 4.66. The Bertz CT molecular complexity index is 671. The van der Waals surface area contributed by atoms with Crippen LogP contribution in [0.5, 0.6) is 0 Å². The highest BCUT2D eigenvalue weighted by Crippen LogP contribution is 2.24. The van der Waals surface area contributed by atoms with Crippen LogP contribution in [0.25, 0.3) is 0 Å². The minimum Gasteiger partial charge on any atom is -0.468 e. The summed E-state index contributed by atoms with van der Waals surface area (Å²) in [6, 6.07) is 10.1. The molecule has 8 heteroatoms. The van der Waals surface area contributed by atoms with Gasteiger partial charge >= 0.3 is 5.97 Å². The fourth-order valence-electron chi connectivity index (χ4n) is 2.47. The molecule has 2 heterocycles. The van der Waals surface area contributed by atoms with Crippen LogP contribution in [-0.2, 0) is 20.8 Å². The van der Waals surface area contributed by atoms with Crippen LogP contribution in [-0.4, -0.2) is 59.9 Å². The number of thioether (sulfide) groups is 1. The SMILES string of the molecule is COC(=O)CSc1nnc(N2CCOCC2)n1Cc1ccccc1. The van der Waals surface area contributed by atoms with Crippen molar-refractivity contribution in [1.82, 2.24) is 14.8 Å². The van der Waals surface area contributed by atoms with Crippen LogP contribution in [0.1, 0.15) is 5.56 Å². The summed E-state index contributed by atoms with van der Waals surface area (Å²) in [7, 11) is 1.39. The molecule has 24 heavy (non-hydrogen) atoms. The zero-order valence-electron chi connectivity index (χ0n) is 13.6. The van der Waals surface area contributed by atoms with E-state index in [1.807, 2.05) is 22.8 Å². The standard InChI is InChI=1S/C16H20N4O3S/c1-22-14(21)12-24-16-18-17-15(19-7-9-23-10-8-19)20(16)11-13-5-3-2-4-6-13/h2-6H,7-12H2,1H3. The number of methoxy groups -OCH3 is 1. The normalized spacial score (nSPS) is 14.6. The number of aromatic nitrogens is 3. The molecule has 0 bridgehead atoms. The van der Waals surface area contributed by atoms with E-state index in [1.165, 1.54) is 18.9 Å². The van der Waals surface area contributed by atoms with Crippen LogP contribution in [0.3, 0.4) is 0 Å². The third kappa shape index (κ3) is 4.07. The maximum Gasteiger partial charge on any atom is 0.316 e. The molecular weight excluding hydrogens is 328 g/mol. The molecule has 0 amide bonds. The van der Waals surface area contributed by atoms with Gasteiger partial charge in [-0.15, -0.1) is 10.2 Å². The molecule has 0 saturated carbocycles. The van der Waals surface area contributed by atoms with Gasteiger partial charge in [-0.1, -0.05) is 42.1 Å². The zero-order valence-corrected chi connectivity index (χ0v) is 14.4. The van der Waals surface area contributed by atoms with Gasteiger partial charge in [0.15, 0.2) is 5.16 Å². The summed E-state index contributed by atoms with van der Waals surface area (Å²) in [5.41, 5.74) is 1.16. The molecule has 0 aliphatic carbocycles. The monoisotopic (exact) mass is 348 g/mol. The number of carbonyl (C=O) groups is 1. The number of esters is 1. The Morgan fingerprint density at radius 2 is 2.00 bits per heavy atom. The first kappa shape index (κ1) is 16.8. The quantitative estimate of drug-likeness (QED) is 0.578. The van der Waals surface area contributed by atoms with Crippen molar-refractivity contribution < 1.29 is 14.3 Å². The maximum atomic E-state index is 11.4. The molecule has 7 nitrogen and oxygen atoms in total. The van der Waals surface area contributed by atoms with Gasteiger partial charge in [-0.2, -0.15) is 0 Å². The summed E-state index contributed by atoms with van der Waals surface area (Å²) in [6.07, 6.45) is 0. The van der Waals surface area contributed by atoms with E-state index < -0.39 is 0 Å². The van der Waals surface area contributed by atoms with Gasteiger partial charge in [0.05, 0.1) is 32.6 Å². The predicted molar refractivity (Wildman–Crippen MR) is 91.3 cm³/mol. The van der Waals surface area contributed by atoms with Crippen LogP contribution >= 0.6 is 11.8 Å². The van der Waals surface area contributed by atoms with Gasteiger partial charge in [0.25, 0.3) is 0 Å². The average molecular weight is 348 g/mol.